The predicted octanol–water partition coefficient (Wildman–Crippen LogP) is 3.46. The van der Waals surface area contributed by atoms with Gasteiger partial charge in [0.2, 0.25) is 0 Å². The number of ether oxygens (including phenoxy) is 1. The Kier molecular flexibility index (Phi) is 8.57. The molecule has 1 aliphatic rings. The molecule has 11 nitrogen and oxygen atoms in total. The molecule has 0 radical (unpaired) electrons. The summed E-state index contributed by atoms with van der Waals surface area (Å²) in [6.45, 7) is 7.79. The maximum Gasteiger partial charge on any atom is 0.342 e. The summed E-state index contributed by atoms with van der Waals surface area (Å²) in [5.41, 5.74) is 0.326. The molecule has 0 bridgehead atoms. The quantitative estimate of drug-likeness (QED) is 0.309. The molecule has 2 aromatic rings. The lowest BCUT2D eigenvalue weighted by molar-refractivity contribution is -0.384. The van der Waals surface area contributed by atoms with Crippen LogP contribution in [0.25, 0.3) is 0 Å². The number of nitro groups is 1. The van der Waals surface area contributed by atoms with Gasteiger partial charge in [-0.05, 0) is 39.3 Å². The summed E-state index contributed by atoms with van der Waals surface area (Å²) >= 11 is 5.87. The minimum Gasteiger partial charge on any atom is -0.462 e. The van der Waals surface area contributed by atoms with Gasteiger partial charge in [-0.1, -0.05) is 24.9 Å². The summed E-state index contributed by atoms with van der Waals surface area (Å²) in [6, 6.07) is 3.51. The van der Waals surface area contributed by atoms with Crippen molar-refractivity contribution in [2.75, 3.05) is 26.2 Å². The van der Waals surface area contributed by atoms with E-state index in [1.807, 2.05) is 6.92 Å². The highest BCUT2D eigenvalue weighted by atomic mass is 35.5. The summed E-state index contributed by atoms with van der Waals surface area (Å²) in [6.07, 6.45) is 1.21. The lowest BCUT2D eigenvalue weighted by atomic mass is 10.0. The number of carbonyl (C=O) groups excluding carboxylic acids is 3. The maximum atomic E-state index is 13.5. The zero-order valence-corrected chi connectivity index (χ0v) is 21.4. The number of hydrogen-bond donors (Lipinski definition) is 0. The van der Waals surface area contributed by atoms with E-state index in [-0.39, 0.29) is 53.8 Å². The largest absolute Gasteiger partial charge is 0.462 e. The van der Waals surface area contributed by atoms with Crippen molar-refractivity contribution in [2.24, 2.45) is 0 Å². The fourth-order valence-corrected chi connectivity index (χ4v) is 4.35. The fourth-order valence-electron chi connectivity index (χ4n) is 4.17. The molecule has 1 fully saturated rings. The first-order valence-electron chi connectivity index (χ1n) is 11.7. The van der Waals surface area contributed by atoms with Crippen LogP contribution in [0.4, 0.5) is 5.69 Å². The average molecular weight is 518 g/mol. The molecule has 1 aromatic carbocycles. The molecule has 36 heavy (non-hydrogen) atoms. The van der Waals surface area contributed by atoms with Gasteiger partial charge in [0.05, 0.1) is 17.2 Å². The first-order valence-corrected chi connectivity index (χ1v) is 12.1. The lowest BCUT2D eigenvalue weighted by Crippen LogP contribution is -2.55. The summed E-state index contributed by atoms with van der Waals surface area (Å²) in [5.74, 6) is -1.11. The van der Waals surface area contributed by atoms with Crippen LogP contribution in [-0.2, 0) is 11.2 Å². The van der Waals surface area contributed by atoms with Crippen LogP contribution in [0, 0.1) is 17.0 Å². The molecular weight excluding hydrogens is 490 g/mol. The van der Waals surface area contributed by atoms with E-state index in [1.165, 1.54) is 12.1 Å². The fraction of sp³-hybridized carbons (Fsp3) is 0.458. The second-order valence-electron chi connectivity index (χ2n) is 8.43. The second-order valence-corrected chi connectivity index (χ2v) is 8.84. The van der Waals surface area contributed by atoms with E-state index in [0.717, 1.165) is 12.5 Å². The maximum absolute atomic E-state index is 13.5. The molecule has 3 rings (SSSR count). The third-order valence-corrected chi connectivity index (χ3v) is 6.15. The number of nitrogens with zero attached hydrogens (tertiary/aromatic N) is 5. The van der Waals surface area contributed by atoms with E-state index in [1.54, 1.807) is 30.6 Å². The smallest absolute Gasteiger partial charge is 0.342 e. The van der Waals surface area contributed by atoms with Gasteiger partial charge in [0.25, 0.3) is 17.5 Å². The highest BCUT2D eigenvalue weighted by Gasteiger charge is 2.34. The van der Waals surface area contributed by atoms with Crippen molar-refractivity contribution in [1.29, 1.82) is 0 Å². The number of nitro benzene ring substituents is 1. The average Bonchev–Trinajstić information content (AvgIpc) is 2.83. The highest BCUT2D eigenvalue weighted by molar-refractivity contribution is 6.32. The summed E-state index contributed by atoms with van der Waals surface area (Å²) < 4.78 is 5.19. The number of rotatable bonds is 7. The molecule has 0 N–H and O–H groups in total. The standard InChI is InChI=1S/C24H28ClN5O6/c1-5-7-18-20(24(33)36-6-2)21(27-15(4)26-18)23(32)28-10-11-29(14(3)13-28)22(31)16-8-9-17(25)19(12-16)30(34)35/h8-9,12,14H,5-7,10-11,13H2,1-4H3. The minimum absolute atomic E-state index is 0.00953. The predicted molar refractivity (Wildman–Crippen MR) is 131 cm³/mol. The van der Waals surface area contributed by atoms with E-state index in [9.17, 15) is 24.5 Å². The molecule has 0 spiro atoms. The van der Waals surface area contributed by atoms with Gasteiger partial charge >= 0.3 is 5.97 Å². The molecule has 2 amide bonds. The van der Waals surface area contributed by atoms with E-state index < -0.39 is 28.7 Å². The Labute approximate surface area is 213 Å². The van der Waals surface area contributed by atoms with Crippen molar-refractivity contribution < 1.29 is 24.0 Å². The highest BCUT2D eigenvalue weighted by Crippen LogP contribution is 2.27. The molecule has 0 aliphatic carbocycles. The molecule has 1 saturated heterocycles. The van der Waals surface area contributed by atoms with Gasteiger partial charge in [0.1, 0.15) is 22.1 Å². The van der Waals surface area contributed by atoms with Crippen LogP contribution in [0.2, 0.25) is 5.02 Å². The topological polar surface area (TPSA) is 136 Å². The molecule has 12 heteroatoms. The van der Waals surface area contributed by atoms with Crippen LogP contribution < -0.4 is 0 Å². The molecule has 1 atom stereocenters. The van der Waals surface area contributed by atoms with Gasteiger partial charge in [-0.3, -0.25) is 19.7 Å². The van der Waals surface area contributed by atoms with E-state index in [0.29, 0.717) is 17.9 Å². The summed E-state index contributed by atoms with van der Waals surface area (Å²) in [4.78, 5) is 61.7. The Morgan fingerprint density at radius 1 is 1.19 bits per heavy atom. The number of piperazine rings is 1. The number of halogens is 1. The van der Waals surface area contributed by atoms with Crippen molar-refractivity contribution >= 4 is 35.1 Å². The molecule has 1 aromatic heterocycles. The van der Waals surface area contributed by atoms with Gasteiger partial charge in [-0.25, -0.2) is 14.8 Å². The first-order chi connectivity index (χ1) is 17.1. The zero-order valence-electron chi connectivity index (χ0n) is 20.6. The third-order valence-electron chi connectivity index (χ3n) is 5.83. The Morgan fingerprint density at radius 3 is 2.53 bits per heavy atom. The van der Waals surface area contributed by atoms with Crippen molar-refractivity contribution in [1.82, 2.24) is 19.8 Å². The Bertz CT molecular complexity index is 1200. The summed E-state index contributed by atoms with van der Waals surface area (Å²) in [5, 5.41) is 11.1. The molecule has 0 saturated carbocycles. The van der Waals surface area contributed by atoms with E-state index >= 15 is 0 Å². The van der Waals surface area contributed by atoms with Crippen LogP contribution in [-0.4, -0.2) is 74.8 Å². The number of hydrogen-bond acceptors (Lipinski definition) is 8. The van der Waals surface area contributed by atoms with Crippen molar-refractivity contribution in [2.45, 2.75) is 46.6 Å². The number of esters is 1. The Hall–Kier alpha value is -3.60. The first kappa shape index (κ1) is 27.0. The Morgan fingerprint density at radius 2 is 1.92 bits per heavy atom. The number of benzene rings is 1. The number of carbonyl (C=O) groups is 3. The van der Waals surface area contributed by atoms with Crippen molar-refractivity contribution in [3.05, 3.63) is 61.7 Å². The SMILES string of the molecule is CCCc1nc(C)nc(C(=O)N2CCN(C(=O)c3ccc(Cl)c([N+](=O)[O-])c3)C(C)C2)c1C(=O)OCC. The van der Waals surface area contributed by atoms with Crippen LogP contribution in [0.15, 0.2) is 18.2 Å². The summed E-state index contributed by atoms with van der Waals surface area (Å²) in [7, 11) is 0. The van der Waals surface area contributed by atoms with Crippen LogP contribution in [0.5, 0.6) is 0 Å². The van der Waals surface area contributed by atoms with Gasteiger partial charge in [-0.15, -0.1) is 0 Å². The van der Waals surface area contributed by atoms with Crippen molar-refractivity contribution in [3.63, 3.8) is 0 Å². The number of aryl methyl sites for hydroxylation is 2. The second kappa shape index (κ2) is 11.4. The Balaban J connectivity index is 1.85. The molecule has 1 unspecified atom stereocenters. The molecule has 2 heterocycles. The van der Waals surface area contributed by atoms with E-state index in [2.05, 4.69) is 9.97 Å². The third kappa shape index (κ3) is 5.62. The van der Waals surface area contributed by atoms with Crippen LogP contribution in [0.1, 0.15) is 69.9 Å². The van der Waals surface area contributed by atoms with Crippen molar-refractivity contribution in [3.8, 4) is 0 Å². The monoisotopic (exact) mass is 517 g/mol. The van der Waals surface area contributed by atoms with Crippen LogP contribution in [0.3, 0.4) is 0 Å². The molecule has 1 aliphatic heterocycles. The van der Waals surface area contributed by atoms with Gasteiger partial charge < -0.3 is 14.5 Å². The van der Waals surface area contributed by atoms with Gasteiger partial charge in [0.15, 0.2) is 0 Å². The minimum atomic E-state index is -0.643. The molecule has 192 valence electrons. The zero-order chi connectivity index (χ0) is 26.6. The van der Waals surface area contributed by atoms with E-state index in [4.69, 9.17) is 16.3 Å². The lowest BCUT2D eigenvalue weighted by Gasteiger charge is -2.40. The number of aromatic nitrogens is 2. The van der Waals surface area contributed by atoms with Gasteiger partial charge in [0, 0.05) is 37.3 Å². The van der Waals surface area contributed by atoms with Gasteiger partial charge in [-0.2, -0.15) is 0 Å². The van der Waals surface area contributed by atoms with Crippen LogP contribution >= 0.6 is 11.6 Å². The molecular formula is C24H28ClN5O6. The normalized spacial score (nSPS) is 15.5. The number of amides is 2.